The second kappa shape index (κ2) is 9.83. The molecule has 1 N–H and O–H groups in total. The van der Waals surface area contributed by atoms with E-state index in [1.54, 1.807) is 40.8 Å². The highest BCUT2D eigenvalue weighted by atomic mass is 19.1. The van der Waals surface area contributed by atoms with Gasteiger partial charge in [0.2, 0.25) is 5.79 Å². The van der Waals surface area contributed by atoms with Crippen molar-refractivity contribution in [2.45, 2.75) is 129 Å². The number of pyridine rings is 1. The number of esters is 1. The summed E-state index contributed by atoms with van der Waals surface area (Å²) in [7, 11) is 0. The molecule has 7 nitrogen and oxygen atoms in total. The SMILES string of the molecule is CC(C)(F)C[C@H](NC(=O)OC(C)(C)C)[C@@]1(Cc2nccc3c2C[C@H](CCC2CC2)C3)OC(C)(C)OC1=O. The van der Waals surface area contributed by atoms with Gasteiger partial charge in [0.1, 0.15) is 11.3 Å². The molecule has 3 atom stereocenters. The minimum atomic E-state index is -1.71. The van der Waals surface area contributed by atoms with Crippen LogP contribution in [-0.4, -0.2) is 45.7 Å². The quantitative estimate of drug-likeness (QED) is 0.428. The number of alkyl carbamates (subject to hydrolysis) is 1. The Bertz CT molecular complexity index is 1020. The molecule has 2 fully saturated rings. The average Bonchev–Trinajstić information content (AvgIpc) is 3.39. The van der Waals surface area contributed by atoms with Crippen LogP contribution in [0.15, 0.2) is 12.3 Å². The molecule has 0 unspecified atom stereocenters. The number of hydrogen-bond acceptors (Lipinski definition) is 6. The number of nitrogens with one attached hydrogen (secondary N) is 1. The molecule has 1 aromatic rings. The third-order valence-electron chi connectivity index (χ3n) is 7.41. The van der Waals surface area contributed by atoms with E-state index < -0.39 is 40.8 Å². The number of fused-ring (bicyclic) bond motifs is 1. The molecule has 0 aromatic carbocycles. The van der Waals surface area contributed by atoms with Crippen molar-refractivity contribution < 1.29 is 28.2 Å². The Kier molecular flexibility index (Phi) is 7.38. The number of nitrogens with zero attached hydrogens (tertiary/aromatic N) is 1. The van der Waals surface area contributed by atoms with E-state index in [0.717, 1.165) is 30.0 Å². The van der Waals surface area contributed by atoms with Gasteiger partial charge in [0.25, 0.3) is 0 Å². The number of carbonyl (C=O) groups excluding carboxylic acids is 2. The van der Waals surface area contributed by atoms with Crippen LogP contribution in [0.3, 0.4) is 0 Å². The third kappa shape index (κ3) is 7.01. The lowest BCUT2D eigenvalue weighted by Crippen LogP contribution is -2.60. The topological polar surface area (TPSA) is 86.8 Å². The fourth-order valence-corrected chi connectivity index (χ4v) is 5.70. The van der Waals surface area contributed by atoms with Crippen LogP contribution >= 0.6 is 0 Å². The van der Waals surface area contributed by atoms with Crippen LogP contribution in [-0.2, 0) is 38.3 Å². The Morgan fingerprint density at radius 1 is 1.19 bits per heavy atom. The molecule has 1 saturated carbocycles. The number of carbonyl (C=O) groups is 2. The summed E-state index contributed by atoms with van der Waals surface area (Å²) in [5.41, 5.74) is -0.996. The molecular formula is C29H43FN2O5. The lowest BCUT2D eigenvalue weighted by Gasteiger charge is -2.37. The van der Waals surface area contributed by atoms with Crippen LogP contribution in [0.4, 0.5) is 9.18 Å². The van der Waals surface area contributed by atoms with Crippen LogP contribution in [0, 0.1) is 11.8 Å². The van der Waals surface area contributed by atoms with Crippen molar-refractivity contribution in [2.24, 2.45) is 11.8 Å². The summed E-state index contributed by atoms with van der Waals surface area (Å²) in [6, 6.07) is 1.02. The molecule has 0 bridgehead atoms. The molecule has 1 aromatic heterocycles. The molecule has 2 aliphatic carbocycles. The Labute approximate surface area is 220 Å². The van der Waals surface area contributed by atoms with E-state index in [2.05, 4.69) is 16.4 Å². The number of alkyl halides is 1. The average molecular weight is 519 g/mol. The smallest absolute Gasteiger partial charge is 0.407 e. The van der Waals surface area contributed by atoms with E-state index in [-0.39, 0.29) is 12.8 Å². The number of hydrogen-bond donors (Lipinski definition) is 1. The van der Waals surface area contributed by atoms with E-state index in [0.29, 0.717) is 5.92 Å². The van der Waals surface area contributed by atoms with Crippen LogP contribution in [0.5, 0.6) is 0 Å². The van der Waals surface area contributed by atoms with Crippen LogP contribution in [0.2, 0.25) is 0 Å². The fraction of sp³-hybridized carbons (Fsp3) is 0.759. The summed E-state index contributed by atoms with van der Waals surface area (Å²) in [5, 5.41) is 2.76. The number of aromatic nitrogens is 1. The maximum atomic E-state index is 15.1. The van der Waals surface area contributed by atoms with Crippen LogP contribution in [0.1, 0.15) is 97.4 Å². The van der Waals surface area contributed by atoms with Gasteiger partial charge in [-0.3, -0.25) is 4.98 Å². The lowest BCUT2D eigenvalue weighted by molar-refractivity contribution is -0.171. The van der Waals surface area contributed by atoms with E-state index in [9.17, 15) is 9.59 Å². The van der Waals surface area contributed by atoms with Gasteiger partial charge in [-0.15, -0.1) is 0 Å². The molecule has 0 spiro atoms. The van der Waals surface area contributed by atoms with Crippen LogP contribution in [0.25, 0.3) is 0 Å². The first-order valence-electron chi connectivity index (χ1n) is 13.6. The standard InChI is InChI=1S/C29H43FN2O5/c1-26(2,3)36-25(34)32-23(17-27(4,5)30)29(24(33)35-28(6,7)37-29)16-22-21-15-19(11-10-18-8-9-18)14-20(21)12-13-31-22/h12-13,18-19,23H,8-11,14-17H2,1-7H3,(H,32,34)/t19-,23+,29-/m1/s1. The highest BCUT2D eigenvalue weighted by molar-refractivity contribution is 5.84. The van der Waals surface area contributed by atoms with Crippen molar-refractivity contribution in [2.75, 3.05) is 0 Å². The molecule has 2 heterocycles. The van der Waals surface area contributed by atoms with Gasteiger partial charge in [0, 0.05) is 38.6 Å². The molecule has 1 amide bonds. The number of cyclic esters (lactones) is 1. The lowest BCUT2D eigenvalue weighted by atomic mass is 9.82. The highest BCUT2D eigenvalue weighted by Gasteiger charge is 2.60. The second-order valence-electron chi connectivity index (χ2n) is 13.3. The zero-order valence-corrected chi connectivity index (χ0v) is 23.4. The van der Waals surface area contributed by atoms with Gasteiger partial charge >= 0.3 is 12.1 Å². The Morgan fingerprint density at radius 2 is 1.86 bits per heavy atom. The molecule has 206 valence electrons. The van der Waals surface area contributed by atoms with Crippen molar-refractivity contribution in [1.82, 2.24) is 10.3 Å². The maximum Gasteiger partial charge on any atom is 0.407 e. The summed E-state index contributed by atoms with van der Waals surface area (Å²) >= 11 is 0. The second-order valence-corrected chi connectivity index (χ2v) is 13.3. The Morgan fingerprint density at radius 3 is 2.43 bits per heavy atom. The predicted octanol–water partition coefficient (Wildman–Crippen LogP) is 5.61. The molecule has 3 aliphatic rings. The van der Waals surface area contributed by atoms with Crippen LogP contribution < -0.4 is 5.32 Å². The van der Waals surface area contributed by atoms with Gasteiger partial charge in [-0.25, -0.2) is 14.0 Å². The molecule has 4 rings (SSSR count). The van der Waals surface area contributed by atoms with Crippen molar-refractivity contribution in [3.05, 3.63) is 29.1 Å². The van der Waals surface area contributed by atoms with Gasteiger partial charge in [-0.2, -0.15) is 0 Å². The van der Waals surface area contributed by atoms with Crippen molar-refractivity contribution in [3.63, 3.8) is 0 Å². The van der Waals surface area contributed by atoms with Gasteiger partial charge in [-0.05, 0) is 82.9 Å². The molecule has 8 heteroatoms. The predicted molar refractivity (Wildman–Crippen MR) is 138 cm³/mol. The van der Waals surface area contributed by atoms with Crippen molar-refractivity contribution >= 4 is 12.1 Å². The first kappa shape index (κ1) is 27.8. The van der Waals surface area contributed by atoms with Gasteiger partial charge < -0.3 is 19.5 Å². The summed E-state index contributed by atoms with van der Waals surface area (Å²) in [6.45, 7) is 11.4. The normalized spacial score (nSPS) is 25.9. The first-order chi connectivity index (χ1) is 17.1. The van der Waals surface area contributed by atoms with Gasteiger partial charge in [0.15, 0.2) is 5.60 Å². The highest BCUT2D eigenvalue weighted by Crippen LogP contribution is 2.43. The number of halogens is 1. The van der Waals surface area contributed by atoms with Crippen molar-refractivity contribution in [3.8, 4) is 0 Å². The molecule has 37 heavy (non-hydrogen) atoms. The Hall–Kier alpha value is -2.22. The van der Waals surface area contributed by atoms with E-state index in [1.807, 2.05) is 0 Å². The zero-order chi connectivity index (χ0) is 27.2. The summed E-state index contributed by atoms with van der Waals surface area (Å²) in [6.07, 6.45) is 7.98. The van der Waals surface area contributed by atoms with E-state index in [4.69, 9.17) is 14.2 Å². The molecule has 0 radical (unpaired) electrons. The first-order valence-corrected chi connectivity index (χ1v) is 13.6. The summed E-state index contributed by atoms with van der Waals surface area (Å²) in [5.74, 6) is -0.429. The van der Waals surface area contributed by atoms with Gasteiger partial charge in [-0.1, -0.05) is 19.3 Å². The minimum Gasteiger partial charge on any atom is -0.444 e. The molecular weight excluding hydrogens is 475 g/mol. The third-order valence-corrected chi connectivity index (χ3v) is 7.41. The maximum absolute atomic E-state index is 15.1. The minimum absolute atomic E-state index is 0.0737. The molecule has 1 aliphatic heterocycles. The fourth-order valence-electron chi connectivity index (χ4n) is 5.70. The van der Waals surface area contributed by atoms with E-state index in [1.165, 1.54) is 45.1 Å². The monoisotopic (exact) mass is 518 g/mol. The van der Waals surface area contributed by atoms with Gasteiger partial charge in [0.05, 0.1) is 6.04 Å². The number of ether oxygens (including phenoxy) is 3. The zero-order valence-electron chi connectivity index (χ0n) is 23.4. The number of rotatable bonds is 9. The summed E-state index contributed by atoms with van der Waals surface area (Å²) in [4.78, 5) is 31.1. The summed E-state index contributed by atoms with van der Waals surface area (Å²) < 4.78 is 32.5. The largest absolute Gasteiger partial charge is 0.444 e. The number of amides is 1. The molecule has 1 saturated heterocycles. The Balaban J connectivity index is 1.66. The van der Waals surface area contributed by atoms with E-state index >= 15 is 4.39 Å². The van der Waals surface area contributed by atoms with Crippen molar-refractivity contribution in [1.29, 1.82) is 0 Å².